The van der Waals surface area contributed by atoms with Gasteiger partial charge in [-0.2, -0.15) is 0 Å². The lowest BCUT2D eigenvalue weighted by Gasteiger charge is -2.16. The van der Waals surface area contributed by atoms with Crippen LogP contribution in [0.5, 0.6) is 5.75 Å². The van der Waals surface area contributed by atoms with Crippen LogP contribution in [0.25, 0.3) is 0 Å². The van der Waals surface area contributed by atoms with Crippen LogP contribution in [0.4, 0.5) is 15.8 Å². The quantitative estimate of drug-likeness (QED) is 0.714. The minimum Gasteiger partial charge on any atom is -0.494 e. The molecule has 2 heterocycles. The van der Waals surface area contributed by atoms with Crippen LogP contribution in [-0.4, -0.2) is 25.5 Å². The van der Waals surface area contributed by atoms with Crippen molar-refractivity contribution < 1.29 is 23.1 Å². The fraction of sp³-hybridized carbons (Fsp3) is 0.182. The molecule has 0 radical (unpaired) electrons. The predicted octanol–water partition coefficient (Wildman–Crippen LogP) is 3.81. The molecular formula is C22H19FN2O4. The van der Waals surface area contributed by atoms with E-state index in [1.54, 1.807) is 23.1 Å². The van der Waals surface area contributed by atoms with Gasteiger partial charge in [-0.05, 0) is 53.9 Å². The molecule has 0 bridgehead atoms. The highest BCUT2D eigenvalue weighted by molar-refractivity contribution is 6.07. The Balaban J connectivity index is 1.44. The lowest BCUT2D eigenvalue weighted by molar-refractivity contribution is -0.115. The number of methoxy groups -OCH3 is 1. The van der Waals surface area contributed by atoms with Crippen LogP contribution in [0.2, 0.25) is 0 Å². The van der Waals surface area contributed by atoms with E-state index in [4.69, 9.17) is 9.15 Å². The van der Waals surface area contributed by atoms with E-state index in [0.717, 1.165) is 11.3 Å². The first-order valence-electron chi connectivity index (χ1n) is 9.14. The molecule has 0 spiro atoms. The number of amides is 2. The van der Waals surface area contributed by atoms with Gasteiger partial charge in [0.2, 0.25) is 5.91 Å². The Kier molecular flexibility index (Phi) is 5.03. The van der Waals surface area contributed by atoms with Crippen LogP contribution >= 0.6 is 0 Å². The number of anilines is 2. The molecule has 1 aliphatic rings. The van der Waals surface area contributed by atoms with Crippen molar-refractivity contribution in [1.82, 2.24) is 0 Å². The summed E-state index contributed by atoms with van der Waals surface area (Å²) in [5.74, 6) is -0.727. The molecule has 0 aliphatic carbocycles. The van der Waals surface area contributed by atoms with E-state index in [0.29, 0.717) is 29.8 Å². The average Bonchev–Trinajstić information content (AvgIpc) is 3.37. The Labute approximate surface area is 166 Å². The first kappa shape index (κ1) is 18.7. The summed E-state index contributed by atoms with van der Waals surface area (Å²) in [6.45, 7) is 0.571. The maximum Gasteiger partial charge on any atom is 0.261 e. The standard InChI is InChI=1S/C22H19FN2O4/c1-28-20-5-2-14(10-18(20)23)11-21(26)24-17-3-4-19-15(12-17)6-8-25(19)22(27)16-7-9-29-13-16/h2-5,7,9-10,12-13H,6,8,11H2,1H3,(H,24,26). The molecular weight excluding hydrogens is 375 g/mol. The molecule has 7 heteroatoms. The number of halogens is 1. The van der Waals surface area contributed by atoms with Gasteiger partial charge in [-0.1, -0.05) is 6.07 Å². The highest BCUT2D eigenvalue weighted by atomic mass is 19.1. The van der Waals surface area contributed by atoms with Gasteiger partial charge in [0.1, 0.15) is 6.26 Å². The van der Waals surface area contributed by atoms with Gasteiger partial charge in [0, 0.05) is 17.9 Å². The number of ether oxygens (including phenoxy) is 1. The first-order valence-corrected chi connectivity index (χ1v) is 9.14. The van der Waals surface area contributed by atoms with E-state index in [1.165, 1.54) is 31.8 Å². The summed E-state index contributed by atoms with van der Waals surface area (Å²) in [6, 6.07) is 11.5. The lowest BCUT2D eigenvalue weighted by atomic mass is 10.1. The van der Waals surface area contributed by atoms with E-state index in [2.05, 4.69) is 5.32 Å². The van der Waals surface area contributed by atoms with Crippen LogP contribution < -0.4 is 15.0 Å². The SMILES string of the molecule is COc1ccc(CC(=O)Nc2ccc3c(c2)CCN3C(=O)c2ccoc2)cc1F. The monoisotopic (exact) mass is 394 g/mol. The van der Waals surface area contributed by atoms with Crippen LogP contribution in [0.15, 0.2) is 59.4 Å². The summed E-state index contributed by atoms with van der Waals surface area (Å²) in [6.07, 6.45) is 3.64. The second-order valence-corrected chi connectivity index (χ2v) is 6.76. The zero-order valence-electron chi connectivity index (χ0n) is 15.8. The van der Waals surface area contributed by atoms with Crippen molar-refractivity contribution in [2.24, 2.45) is 0 Å². The minimum atomic E-state index is -0.502. The summed E-state index contributed by atoms with van der Waals surface area (Å²) < 4.78 is 23.7. The summed E-state index contributed by atoms with van der Waals surface area (Å²) in [4.78, 5) is 26.6. The molecule has 0 fully saturated rings. The zero-order chi connectivity index (χ0) is 20.4. The fourth-order valence-electron chi connectivity index (χ4n) is 3.44. The Hall–Kier alpha value is -3.61. The summed E-state index contributed by atoms with van der Waals surface area (Å²) in [5.41, 5.74) is 3.50. The molecule has 29 heavy (non-hydrogen) atoms. The van der Waals surface area contributed by atoms with Gasteiger partial charge in [0.25, 0.3) is 5.91 Å². The summed E-state index contributed by atoms with van der Waals surface area (Å²) in [7, 11) is 1.39. The molecule has 4 rings (SSSR count). The van der Waals surface area contributed by atoms with E-state index in [9.17, 15) is 14.0 Å². The number of nitrogens with one attached hydrogen (secondary N) is 1. The van der Waals surface area contributed by atoms with Crippen LogP contribution in [-0.2, 0) is 17.6 Å². The molecule has 2 amide bonds. The topological polar surface area (TPSA) is 71.8 Å². The Bertz CT molecular complexity index is 1060. The van der Waals surface area contributed by atoms with Crippen molar-refractivity contribution >= 4 is 23.2 Å². The minimum absolute atomic E-state index is 0.0447. The number of nitrogens with zero attached hydrogens (tertiary/aromatic N) is 1. The number of benzene rings is 2. The molecule has 1 aliphatic heterocycles. The van der Waals surface area contributed by atoms with Crippen LogP contribution in [0.1, 0.15) is 21.5 Å². The molecule has 0 saturated heterocycles. The maximum atomic E-state index is 13.8. The number of hydrogen-bond acceptors (Lipinski definition) is 4. The van der Waals surface area contributed by atoms with Gasteiger partial charge >= 0.3 is 0 Å². The van der Waals surface area contributed by atoms with Gasteiger partial charge in [-0.3, -0.25) is 9.59 Å². The molecule has 148 valence electrons. The van der Waals surface area contributed by atoms with Gasteiger partial charge in [0.05, 0.1) is 25.4 Å². The van der Waals surface area contributed by atoms with Crippen molar-refractivity contribution in [3.8, 4) is 5.75 Å². The number of rotatable bonds is 5. The van der Waals surface area contributed by atoms with E-state index in [-0.39, 0.29) is 24.0 Å². The second kappa shape index (κ2) is 7.79. The molecule has 6 nitrogen and oxygen atoms in total. The molecule has 0 atom stereocenters. The maximum absolute atomic E-state index is 13.8. The number of carbonyl (C=O) groups excluding carboxylic acids is 2. The van der Waals surface area contributed by atoms with E-state index < -0.39 is 5.82 Å². The number of hydrogen-bond donors (Lipinski definition) is 1. The molecule has 1 aromatic heterocycles. The molecule has 3 aromatic rings. The zero-order valence-corrected chi connectivity index (χ0v) is 15.8. The number of furan rings is 1. The lowest BCUT2D eigenvalue weighted by Crippen LogP contribution is -2.28. The van der Waals surface area contributed by atoms with Gasteiger partial charge in [-0.25, -0.2) is 4.39 Å². The highest BCUT2D eigenvalue weighted by Gasteiger charge is 2.26. The van der Waals surface area contributed by atoms with Gasteiger partial charge in [0.15, 0.2) is 11.6 Å². The van der Waals surface area contributed by atoms with Crippen LogP contribution in [0, 0.1) is 5.82 Å². The van der Waals surface area contributed by atoms with Crippen molar-refractivity contribution in [3.63, 3.8) is 0 Å². The van der Waals surface area contributed by atoms with Crippen molar-refractivity contribution in [3.05, 3.63) is 77.5 Å². The van der Waals surface area contributed by atoms with E-state index >= 15 is 0 Å². The van der Waals surface area contributed by atoms with Crippen molar-refractivity contribution in [1.29, 1.82) is 0 Å². The van der Waals surface area contributed by atoms with Crippen molar-refractivity contribution in [2.75, 3.05) is 23.9 Å². The Morgan fingerprint density at radius 1 is 1.21 bits per heavy atom. The number of carbonyl (C=O) groups is 2. The van der Waals surface area contributed by atoms with E-state index in [1.807, 2.05) is 12.1 Å². The smallest absolute Gasteiger partial charge is 0.261 e. The third-order valence-corrected chi connectivity index (χ3v) is 4.85. The molecule has 2 aromatic carbocycles. The summed E-state index contributed by atoms with van der Waals surface area (Å²) in [5, 5.41) is 2.83. The third-order valence-electron chi connectivity index (χ3n) is 4.85. The molecule has 0 saturated carbocycles. The molecule has 0 unspecified atom stereocenters. The van der Waals surface area contributed by atoms with Gasteiger partial charge in [-0.15, -0.1) is 0 Å². The normalized spacial score (nSPS) is 12.6. The summed E-state index contributed by atoms with van der Waals surface area (Å²) >= 11 is 0. The highest BCUT2D eigenvalue weighted by Crippen LogP contribution is 2.31. The van der Waals surface area contributed by atoms with Crippen molar-refractivity contribution in [2.45, 2.75) is 12.8 Å². The van der Waals surface area contributed by atoms with Crippen LogP contribution in [0.3, 0.4) is 0 Å². The first-order chi connectivity index (χ1) is 14.0. The Morgan fingerprint density at radius 2 is 2.07 bits per heavy atom. The number of fused-ring (bicyclic) bond motifs is 1. The third kappa shape index (κ3) is 3.85. The fourth-order valence-corrected chi connectivity index (χ4v) is 3.44. The van der Waals surface area contributed by atoms with Gasteiger partial charge < -0.3 is 19.4 Å². The largest absolute Gasteiger partial charge is 0.494 e. The second-order valence-electron chi connectivity index (χ2n) is 6.76. The predicted molar refractivity (Wildman–Crippen MR) is 106 cm³/mol. The average molecular weight is 394 g/mol. The Morgan fingerprint density at radius 3 is 2.79 bits per heavy atom. The molecule has 1 N–H and O–H groups in total.